The minimum Gasteiger partial charge on any atom is -0.492 e. The quantitative estimate of drug-likeness (QED) is 0.267. The van der Waals surface area contributed by atoms with Gasteiger partial charge in [-0.05, 0) is 86.6 Å². The van der Waals surface area contributed by atoms with Crippen molar-refractivity contribution in [2.24, 2.45) is 5.92 Å². The van der Waals surface area contributed by atoms with Crippen molar-refractivity contribution >= 4 is 9.84 Å². The number of sulfone groups is 1. The van der Waals surface area contributed by atoms with E-state index in [0.29, 0.717) is 27.8 Å². The molecule has 0 aliphatic heterocycles. The molecule has 216 valence electrons. The lowest BCUT2D eigenvalue weighted by Gasteiger charge is -2.25. The third-order valence-electron chi connectivity index (χ3n) is 7.27. The summed E-state index contributed by atoms with van der Waals surface area (Å²) in [5.74, 6) is -1.47. The smallest absolute Gasteiger partial charge is 0.277 e. The zero-order valence-corrected chi connectivity index (χ0v) is 24.1. The number of pyridine rings is 1. The Morgan fingerprint density at radius 1 is 1.17 bits per heavy atom. The number of rotatable bonds is 9. The molecule has 11 heteroatoms. The highest BCUT2D eigenvalue weighted by molar-refractivity contribution is 7.91. The van der Waals surface area contributed by atoms with Crippen molar-refractivity contribution in [1.29, 1.82) is 5.26 Å². The first-order valence-electron chi connectivity index (χ1n) is 13.5. The van der Waals surface area contributed by atoms with E-state index in [2.05, 4.69) is 16.0 Å². The Labute approximate surface area is 242 Å². The van der Waals surface area contributed by atoms with Crippen molar-refractivity contribution in [3.8, 4) is 23.1 Å². The topological polar surface area (TPSA) is 135 Å². The number of halogens is 1. The first-order chi connectivity index (χ1) is 20.0. The third-order valence-corrected chi connectivity index (χ3v) is 9.05. The normalized spacial score (nSPS) is 14.1. The molecule has 5 rings (SSSR count). The molecule has 1 aliphatic rings. The van der Waals surface area contributed by atoms with Gasteiger partial charge in [0.2, 0.25) is 21.7 Å². The van der Waals surface area contributed by atoms with Gasteiger partial charge in [0.15, 0.2) is 4.90 Å². The van der Waals surface area contributed by atoms with Gasteiger partial charge in [-0.15, -0.1) is 0 Å². The van der Waals surface area contributed by atoms with Crippen LogP contribution in [0.3, 0.4) is 0 Å². The Balaban J connectivity index is 1.66. The maximum atomic E-state index is 14.2. The molecule has 2 aromatic heterocycles. The van der Waals surface area contributed by atoms with Crippen molar-refractivity contribution in [3.63, 3.8) is 0 Å². The summed E-state index contributed by atoms with van der Waals surface area (Å²) in [7, 11) is -4.55. The Kier molecular flexibility index (Phi) is 7.95. The van der Waals surface area contributed by atoms with Crippen LogP contribution in [0.5, 0.6) is 5.88 Å². The summed E-state index contributed by atoms with van der Waals surface area (Å²) in [6, 6.07) is 15.5. The van der Waals surface area contributed by atoms with Gasteiger partial charge in [-0.2, -0.15) is 14.6 Å². The average Bonchev–Trinajstić information content (AvgIpc) is 3.80. The predicted molar refractivity (Wildman–Crippen MR) is 152 cm³/mol. The lowest BCUT2D eigenvalue weighted by atomic mass is 9.99. The lowest BCUT2D eigenvalue weighted by molar-refractivity contribution is 0.0571. The van der Waals surface area contributed by atoms with Crippen molar-refractivity contribution < 1.29 is 22.7 Å². The number of benzene rings is 2. The van der Waals surface area contributed by atoms with E-state index < -0.39 is 38.2 Å². The molecule has 2 heterocycles. The number of aromatic nitrogens is 3. The molecule has 0 spiro atoms. The summed E-state index contributed by atoms with van der Waals surface area (Å²) >= 11 is 0. The SMILES string of the molecule is Cc1c(-c2ccc(S(=O)(=O)c3c(O)nc(COC(C)C)n([C@H](c4cccc(C#N)c4)C4CC4)c3=O)cc2)ccnc1F. The fraction of sp³-hybridized carbons (Fsp3) is 0.290. The minimum absolute atomic E-state index is 0.000351. The van der Waals surface area contributed by atoms with Crippen LogP contribution in [0.4, 0.5) is 4.39 Å². The summed E-state index contributed by atoms with van der Waals surface area (Å²) in [5, 5.41) is 20.4. The molecule has 9 nitrogen and oxygen atoms in total. The molecule has 0 unspecified atom stereocenters. The van der Waals surface area contributed by atoms with Crippen LogP contribution in [-0.4, -0.2) is 34.2 Å². The molecule has 42 heavy (non-hydrogen) atoms. The summed E-state index contributed by atoms with van der Waals surface area (Å²) in [5.41, 5.74) is 1.53. The Bertz CT molecular complexity index is 1860. The van der Waals surface area contributed by atoms with Crippen LogP contribution in [0.15, 0.2) is 75.4 Å². The minimum atomic E-state index is -4.55. The molecule has 0 bridgehead atoms. The highest BCUT2D eigenvalue weighted by Gasteiger charge is 2.39. The number of aromatic hydroxyl groups is 1. The molecular formula is C31H29FN4O5S. The van der Waals surface area contributed by atoms with Gasteiger partial charge in [-0.25, -0.2) is 13.4 Å². The van der Waals surface area contributed by atoms with Gasteiger partial charge in [-0.1, -0.05) is 24.3 Å². The van der Waals surface area contributed by atoms with Crippen LogP contribution < -0.4 is 5.56 Å². The lowest BCUT2D eigenvalue weighted by Crippen LogP contribution is -2.35. The Morgan fingerprint density at radius 2 is 1.88 bits per heavy atom. The number of hydrogen-bond acceptors (Lipinski definition) is 8. The van der Waals surface area contributed by atoms with Crippen molar-refractivity contribution in [1.82, 2.24) is 14.5 Å². The Hall–Kier alpha value is -4.40. The van der Waals surface area contributed by atoms with E-state index in [1.165, 1.54) is 35.0 Å². The van der Waals surface area contributed by atoms with Gasteiger partial charge < -0.3 is 9.84 Å². The van der Waals surface area contributed by atoms with Crippen LogP contribution in [0, 0.1) is 30.1 Å². The standard InChI is InChI=1S/C31H29FN4O5S/c1-18(2)41-17-26-35-30(37)28(31(38)36(26)27(22-7-8-22)23-6-4-5-20(15-23)16-33)42(39,40)24-11-9-21(10-12-24)25-13-14-34-29(32)19(25)3/h4-6,9-15,18,22,27,37H,7-8,17H2,1-3H3/t27-/m0/s1. The predicted octanol–water partition coefficient (Wildman–Crippen LogP) is 5.09. The molecule has 0 saturated heterocycles. The maximum absolute atomic E-state index is 14.2. The number of ether oxygens (including phenoxy) is 1. The zero-order valence-electron chi connectivity index (χ0n) is 23.3. The average molecular weight is 589 g/mol. The summed E-state index contributed by atoms with van der Waals surface area (Å²) in [4.78, 5) is 20.9. The van der Waals surface area contributed by atoms with Gasteiger partial charge in [0.05, 0.1) is 28.7 Å². The first kappa shape index (κ1) is 29.1. The number of hydrogen-bond donors (Lipinski definition) is 1. The van der Waals surface area contributed by atoms with Gasteiger partial charge in [0.25, 0.3) is 5.56 Å². The summed E-state index contributed by atoms with van der Waals surface area (Å²) in [6.45, 7) is 5.04. The molecule has 2 aromatic carbocycles. The van der Waals surface area contributed by atoms with Crippen molar-refractivity contribution in [2.45, 2.75) is 62.2 Å². The second-order valence-corrected chi connectivity index (χ2v) is 12.4. The third kappa shape index (κ3) is 5.55. The molecule has 1 N–H and O–H groups in total. The maximum Gasteiger partial charge on any atom is 0.277 e. The van der Waals surface area contributed by atoms with E-state index >= 15 is 0 Å². The van der Waals surface area contributed by atoms with E-state index in [1.807, 2.05) is 0 Å². The van der Waals surface area contributed by atoms with Crippen molar-refractivity contribution in [3.05, 3.63) is 99.6 Å². The molecule has 1 aliphatic carbocycles. The number of nitriles is 1. The molecule has 1 atom stereocenters. The second-order valence-electron chi connectivity index (χ2n) is 10.5. The molecule has 4 aromatic rings. The molecule has 1 saturated carbocycles. The fourth-order valence-electron chi connectivity index (χ4n) is 5.00. The molecular weight excluding hydrogens is 559 g/mol. The molecule has 0 radical (unpaired) electrons. The monoisotopic (exact) mass is 588 g/mol. The van der Waals surface area contributed by atoms with Crippen LogP contribution >= 0.6 is 0 Å². The van der Waals surface area contributed by atoms with Crippen molar-refractivity contribution in [2.75, 3.05) is 0 Å². The Morgan fingerprint density at radius 3 is 2.52 bits per heavy atom. The van der Waals surface area contributed by atoms with Crippen LogP contribution in [0.2, 0.25) is 0 Å². The van der Waals surface area contributed by atoms with Gasteiger partial charge in [0, 0.05) is 11.8 Å². The van der Waals surface area contributed by atoms with Gasteiger partial charge in [-0.3, -0.25) is 9.36 Å². The van der Waals surface area contributed by atoms with E-state index in [0.717, 1.165) is 12.8 Å². The van der Waals surface area contributed by atoms with Gasteiger partial charge >= 0.3 is 0 Å². The van der Waals surface area contributed by atoms with E-state index in [1.54, 1.807) is 51.1 Å². The second kappa shape index (κ2) is 11.5. The summed E-state index contributed by atoms with van der Waals surface area (Å²) < 4.78 is 48.7. The van der Waals surface area contributed by atoms with E-state index in [4.69, 9.17) is 4.74 Å². The first-order valence-corrected chi connectivity index (χ1v) is 14.9. The van der Waals surface area contributed by atoms with Crippen LogP contribution in [0.25, 0.3) is 11.1 Å². The van der Waals surface area contributed by atoms with Crippen LogP contribution in [0.1, 0.15) is 55.2 Å². The van der Waals surface area contributed by atoms with Gasteiger partial charge in [0.1, 0.15) is 12.4 Å². The summed E-state index contributed by atoms with van der Waals surface area (Å²) in [6.07, 6.45) is 2.68. The number of nitrogens with zero attached hydrogens (tertiary/aromatic N) is 4. The highest BCUT2D eigenvalue weighted by Crippen LogP contribution is 2.44. The van der Waals surface area contributed by atoms with Crippen LogP contribution in [-0.2, 0) is 21.2 Å². The van der Waals surface area contributed by atoms with E-state index in [-0.39, 0.29) is 29.3 Å². The highest BCUT2D eigenvalue weighted by atomic mass is 32.2. The largest absolute Gasteiger partial charge is 0.492 e. The molecule has 1 fully saturated rings. The zero-order chi connectivity index (χ0) is 30.2. The fourth-order valence-corrected chi connectivity index (χ4v) is 6.35. The molecule has 0 amide bonds. The van der Waals surface area contributed by atoms with E-state index in [9.17, 15) is 28.0 Å².